The largest absolute Gasteiger partial charge is 0.355 e. The normalized spacial score (nSPS) is 20.8. The van der Waals surface area contributed by atoms with Crippen LogP contribution in [0.1, 0.15) is 39.5 Å². The van der Waals surface area contributed by atoms with Crippen LogP contribution in [0.15, 0.2) is 0 Å². The summed E-state index contributed by atoms with van der Waals surface area (Å²) in [5, 5.41) is 5.80. The van der Waals surface area contributed by atoms with Crippen LogP contribution in [-0.2, 0) is 9.59 Å². The lowest BCUT2D eigenvalue weighted by Gasteiger charge is -2.35. The van der Waals surface area contributed by atoms with Crippen molar-refractivity contribution in [2.45, 2.75) is 45.6 Å². The van der Waals surface area contributed by atoms with E-state index in [1.54, 1.807) is 0 Å². The van der Waals surface area contributed by atoms with E-state index in [1.165, 1.54) is 0 Å². The predicted octanol–water partition coefficient (Wildman–Crippen LogP) is 0.0781. The topological polar surface area (TPSA) is 87.5 Å². The van der Waals surface area contributed by atoms with Crippen molar-refractivity contribution in [3.63, 3.8) is 0 Å². The Balaban J connectivity index is 2.43. The number of nitrogens with two attached hydrogens (primary N) is 1. The molecule has 6 nitrogen and oxygen atoms in total. The van der Waals surface area contributed by atoms with Crippen LogP contribution in [0.2, 0.25) is 0 Å². The van der Waals surface area contributed by atoms with E-state index >= 15 is 0 Å². The summed E-state index contributed by atoms with van der Waals surface area (Å²) in [7, 11) is 0. The summed E-state index contributed by atoms with van der Waals surface area (Å²) in [6.45, 7) is 7.25. The number of rotatable bonds is 8. The number of amides is 2. The fourth-order valence-electron chi connectivity index (χ4n) is 2.61. The first-order valence-corrected chi connectivity index (χ1v) is 8.09. The molecule has 0 radical (unpaired) electrons. The van der Waals surface area contributed by atoms with Gasteiger partial charge >= 0.3 is 0 Å². The predicted molar refractivity (Wildman–Crippen MR) is 83.7 cm³/mol. The summed E-state index contributed by atoms with van der Waals surface area (Å²) in [5.41, 5.74) is 5.40. The Kier molecular flexibility index (Phi) is 8.30. The standard InChI is InChI=1S/C15H30N4O2/c1-3-4-8-17-14(20)12(2)19-10-5-6-13(11-19)15(21)18-9-7-16/h12-13H,3-11,16H2,1-2H3,(H,17,20)(H,18,21). The summed E-state index contributed by atoms with van der Waals surface area (Å²) in [5.74, 6) is 0.0893. The molecule has 2 unspecified atom stereocenters. The quantitative estimate of drug-likeness (QED) is 0.554. The first-order valence-electron chi connectivity index (χ1n) is 8.09. The number of hydrogen-bond donors (Lipinski definition) is 3. The highest BCUT2D eigenvalue weighted by Gasteiger charge is 2.30. The second kappa shape index (κ2) is 9.73. The maximum atomic E-state index is 12.1. The molecule has 1 saturated heterocycles. The monoisotopic (exact) mass is 298 g/mol. The number of carbonyl (C=O) groups excluding carboxylic acids is 2. The number of unbranched alkanes of at least 4 members (excludes halogenated alkanes) is 1. The molecule has 0 spiro atoms. The van der Waals surface area contributed by atoms with E-state index < -0.39 is 0 Å². The summed E-state index contributed by atoms with van der Waals surface area (Å²) in [4.78, 5) is 26.2. The Morgan fingerprint density at radius 1 is 1.33 bits per heavy atom. The third-order valence-electron chi connectivity index (χ3n) is 4.02. The van der Waals surface area contributed by atoms with Crippen LogP contribution in [0, 0.1) is 5.92 Å². The molecule has 1 rings (SSSR count). The van der Waals surface area contributed by atoms with Gasteiger partial charge in [0.2, 0.25) is 11.8 Å². The van der Waals surface area contributed by atoms with Crippen LogP contribution in [0.5, 0.6) is 0 Å². The number of hydrogen-bond acceptors (Lipinski definition) is 4. The lowest BCUT2D eigenvalue weighted by atomic mass is 9.96. The Labute approximate surface area is 127 Å². The molecule has 1 aliphatic heterocycles. The molecule has 1 fully saturated rings. The van der Waals surface area contributed by atoms with E-state index in [1.807, 2.05) is 6.92 Å². The van der Waals surface area contributed by atoms with Gasteiger partial charge in [-0.1, -0.05) is 13.3 Å². The molecule has 2 amide bonds. The van der Waals surface area contributed by atoms with E-state index in [4.69, 9.17) is 5.73 Å². The Bertz CT molecular complexity index is 336. The molecule has 0 aliphatic carbocycles. The second-order valence-corrected chi connectivity index (χ2v) is 5.73. The summed E-state index contributed by atoms with van der Waals surface area (Å²) >= 11 is 0. The molecule has 1 heterocycles. The van der Waals surface area contributed by atoms with Crippen molar-refractivity contribution in [2.24, 2.45) is 11.7 Å². The van der Waals surface area contributed by atoms with E-state index in [2.05, 4.69) is 22.5 Å². The number of piperidine rings is 1. The molecular weight excluding hydrogens is 268 g/mol. The minimum atomic E-state index is -0.174. The molecule has 4 N–H and O–H groups in total. The van der Waals surface area contributed by atoms with E-state index in [0.717, 1.165) is 38.8 Å². The van der Waals surface area contributed by atoms with Gasteiger partial charge in [0.15, 0.2) is 0 Å². The van der Waals surface area contributed by atoms with Gasteiger partial charge in [-0.15, -0.1) is 0 Å². The second-order valence-electron chi connectivity index (χ2n) is 5.73. The van der Waals surface area contributed by atoms with Crippen molar-refractivity contribution < 1.29 is 9.59 Å². The molecule has 122 valence electrons. The van der Waals surface area contributed by atoms with Crippen LogP contribution < -0.4 is 16.4 Å². The van der Waals surface area contributed by atoms with Gasteiger partial charge in [0.25, 0.3) is 0 Å². The first-order chi connectivity index (χ1) is 10.1. The molecule has 0 aromatic carbocycles. The highest BCUT2D eigenvalue weighted by Crippen LogP contribution is 2.18. The lowest BCUT2D eigenvalue weighted by molar-refractivity contribution is -0.131. The molecule has 21 heavy (non-hydrogen) atoms. The molecule has 0 saturated carbocycles. The minimum Gasteiger partial charge on any atom is -0.355 e. The third-order valence-corrected chi connectivity index (χ3v) is 4.02. The highest BCUT2D eigenvalue weighted by atomic mass is 16.2. The number of nitrogens with zero attached hydrogens (tertiary/aromatic N) is 1. The van der Waals surface area contributed by atoms with Gasteiger partial charge in [0.1, 0.15) is 0 Å². The van der Waals surface area contributed by atoms with Gasteiger partial charge < -0.3 is 16.4 Å². The highest BCUT2D eigenvalue weighted by molar-refractivity contribution is 5.82. The van der Waals surface area contributed by atoms with Gasteiger partial charge in [-0.3, -0.25) is 14.5 Å². The minimum absolute atomic E-state index is 0.0313. The van der Waals surface area contributed by atoms with Crippen molar-refractivity contribution >= 4 is 11.8 Å². The number of likely N-dealkylation sites (tertiary alicyclic amines) is 1. The van der Waals surface area contributed by atoms with Gasteiger partial charge in [-0.05, 0) is 32.7 Å². The van der Waals surface area contributed by atoms with Crippen molar-refractivity contribution in [3.05, 3.63) is 0 Å². The van der Waals surface area contributed by atoms with Crippen LogP contribution in [-0.4, -0.2) is 55.5 Å². The summed E-state index contributed by atoms with van der Waals surface area (Å²) in [6.07, 6.45) is 3.91. The fourth-order valence-corrected chi connectivity index (χ4v) is 2.61. The summed E-state index contributed by atoms with van der Waals surface area (Å²) < 4.78 is 0. The Morgan fingerprint density at radius 3 is 2.76 bits per heavy atom. The van der Waals surface area contributed by atoms with E-state index in [-0.39, 0.29) is 23.8 Å². The molecule has 6 heteroatoms. The van der Waals surface area contributed by atoms with Gasteiger partial charge in [0, 0.05) is 26.2 Å². The van der Waals surface area contributed by atoms with Crippen LogP contribution >= 0.6 is 0 Å². The van der Waals surface area contributed by atoms with Crippen LogP contribution in [0.25, 0.3) is 0 Å². The van der Waals surface area contributed by atoms with E-state index in [9.17, 15) is 9.59 Å². The number of nitrogens with one attached hydrogen (secondary N) is 2. The zero-order valence-corrected chi connectivity index (χ0v) is 13.4. The molecule has 0 aromatic rings. The molecule has 0 bridgehead atoms. The van der Waals surface area contributed by atoms with Crippen molar-refractivity contribution in [3.8, 4) is 0 Å². The summed E-state index contributed by atoms with van der Waals surface area (Å²) in [6, 6.07) is -0.174. The SMILES string of the molecule is CCCCNC(=O)C(C)N1CCCC(C(=O)NCCN)C1. The molecule has 2 atom stereocenters. The lowest BCUT2D eigenvalue weighted by Crippen LogP contribution is -2.51. The maximum absolute atomic E-state index is 12.1. The van der Waals surface area contributed by atoms with E-state index in [0.29, 0.717) is 19.6 Å². The Hall–Kier alpha value is -1.14. The Morgan fingerprint density at radius 2 is 2.10 bits per heavy atom. The van der Waals surface area contributed by atoms with Crippen molar-refractivity contribution in [1.29, 1.82) is 0 Å². The first kappa shape index (κ1) is 17.9. The van der Waals surface area contributed by atoms with Crippen LogP contribution in [0.4, 0.5) is 0 Å². The van der Waals surface area contributed by atoms with Crippen molar-refractivity contribution in [1.82, 2.24) is 15.5 Å². The van der Waals surface area contributed by atoms with Crippen molar-refractivity contribution in [2.75, 3.05) is 32.7 Å². The zero-order chi connectivity index (χ0) is 15.7. The molecular formula is C15H30N4O2. The maximum Gasteiger partial charge on any atom is 0.237 e. The van der Waals surface area contributed by atoms with Gasteiger partial charge in [0.05, 0.1) is 12.0 Å². The average Bonchev–Trinajstić information content (AvgIpc) is 2.52. The molecule has 1 aliphatic rings. The smallest absolute Gasteiger partial charge is 0.237 e. The zero-order valence-electron chi connectivity index (χ0n) is 13.4. The average molecular weight is 298 g/mol. The number of carbonyl (C=O) groups is 2. The fraction of sp³-hybridized carbons (Fsp3) is 0.867. The molecule has 0 aromatic heterocycles. The van der Waals surface area contributed by atoms with Gasteiger partial charge in [-0.25, -0.2) is 0 Å². The van der Waals surface area contributed by atoms with Crippen LogP contribution in [0.3, 0.4) is 0 Å². The van der Waals surface area contributed by atoms with Gasteiger partial charge in [-0.2, -0.15) is 0 Å². The third kappa shape index (κ3) is 6.01.